The summed E-state index contributed by atoms with van der Waals surface area (Å²) in [6.07, 6.45) is -0.403. The summed E-state index contributed by atoms with van der Waals surface area (Å²) in [6.45, 7) is 1.54. The molecule has 0 amide bonds. The molecule has 0 saturated heterocycles. The molecule has 1 rings (SSSR count). The zero-order chi connectivity index (χ0) is 12.5. The summed E-state index contributed by atoms with van der Waals surface area (Å²) in [4.78, 5) is 9.89. The van der Waals surface area contributed by atoms with Crippen LogP contribution in [0.15, 0.2) is 17.0 Å². The van der Waals surface area contributed by atoms with Crippen molar-refractivity contribution in [3.05, 3.63) is 23.3 Å². The van der Waals surface area contributed by atoms with E-state index in [1.807, 2.05) is 0 Å². The number of aliphatic carboxylic acids is 1. The number of benzene rings is 1. The Hall–Kier alpha value is -1.63. The molecule has 0 radical (unpaired) electrons. The first-order chi connectivity index (χ1) is 7.21. The number of carboxylic acid groups (broad SMARTS) is 1. The van der Waals surface area contributed by atoms with Crippen LogP contribution in [0.25, 0.3) is 0 Å². The lowest BCUT2D eigenvalue weighted by Crippen LogP contribution is -2.06. The molecule has 0 fully saturated rings. The number of carbonyl (C=O) groups is 1. The van der Waals surface area contributed by atoms with Gasteiger partial charge in [0.15, 0.2) is 0 Å². The largest absolute Gasteiger partial charge is 0.481 e. The molecule has 1 aromatic carbocycles. The van der Waals surface area contributed by atoms with Crippen molar-refractivity contribution >= 4 is 21.9 Å². The smallest absolute Gasteiger partial charge is 0.332 e. The summed E-state index contributed by atoms with van der Waals surface area (Å²) in [5.41, 5.74) is 6.14. The monoisotopic (exact) mass is 247 g/mol. The van der Waals surface area contributed by atoms with Crippen molar-refractivity contribution in [2.75, 3.05) is 5.73 Å². The fourth-order valence-electron chi connectivity index (χ4n) is 1.26. The van der Waals surface area contributed by atoms with Gasteiger partial charge in [-0.3, -0.25) is 4.79 Å². The van der Waals surface area contributed by atoms with Crippen LogP contribution in [-0.4, -0.2) is 19.5 Å². The Morgan fingerprint density at radius 3 is 2.50 bits per heavy atom. The van der Waals surface area contributed by atoms with Crippen molar-refractivity contribution in [2.24, 2.45) is 0 Å². The van der Waals surface area contributed by atoms with E-state index < -0.39 is 27.5 Å². The van der Waals surface area contributed by atoms with Crippen LogP contribution in [0.5, 0.6) is 0 Å². The molecule has 0 saturated carbocycles. The Bertz CT molecular complexity index is 539. The maximum absolute atomic E-state index is 12.7. The summed E-state index contributed by atoms with van der Waals surface area (Å²) in [6, 6.07) is 1.95. The summed E-state index contributed by atoms with van der Waals surface area (Å²) in [5, 5.41) is 8.59. The van der Waals surface area contributed by atoms with Gasteiger partial charge in [0.25, 0.3) is 0 Å². The highest BCUT2D eigenvalue weighted by atomic mass is 32.3. The molecular formula is C9H10FNO4S. The van der Waals surface area contributed by atoms with E-state index in [9.17, 15) is 17.1 Å². The van der Waals surface area contributed by atoms with E-state index in [-0.39, 0.29) is 11.3 Å². The van der Waals surface area contributed by atoms with E-state index in [0.29, 0.717) is 5.56 Å². The average molecular weight is 247 g/mol. The molecule has 0 aliphatic heterocycles. The molecule has 0 bridgehead atoms. The Morgan fingerprint density at radius 2 is 2.06 bits per heavy atom. The van der Waals surface area contributed by atoms with Crippen molar-refractivity contribution in [3.8, 4) is 0 Å². The molecule has 1 aromatic rings. The number of carboxylic acids is 1. The number of nitrogens with two attached hydrogens (primary N) is 1. The highest BCUT2D eigenvalue weighted by Gasteiger charge is 2.16. The van der Waals surface area contributed by atoms with Gasteiger partial charge in [-0.2, -0.15) is 8.42 Å². The predicted molar refractivity (Wildman–Crippen MR) is 55.2 cm³/mol. The van der Waals surface area contributed by atoms with Gasteiger partial charge in [-0.15, -0.1) is 3.89 Å². The van der Waals surface area contributed by atoms with E-state index in [0.717, 1.165) is 12.1 Å². The van der Waals surface area contributed by atoms with E-state index in [1.165, 1.54) is 0 Å². The zero-order valence-corrected chi connectivity index (χ0v) is 9.21. The second-order valence-electron chi connectivity index (χ2n) is 3.30. The maximum atomic E-state index is 12.7. The molecule has 0 spiro atoms. The number of rotatable bonds is 3. The van der Waals surface area contributed by atoms with Crippen LogP contribution in [0, 0.1) is 6.92 Å². The van der Waals surface area contributed by atoms with E-state index in [2.05, 4.69) is 0 Å². The molecule has 5 nitrogen and oxygen atoms in total. The molecule has 0 heterocycles. The van der Waals surface area contributed by atoms with Crippen LogP contribution in [0.1, 0.15) is 11.1 Å². The molecule has 16 heavy (non-hydrogen) atoms. The third-order valence-electron chi connectivity index (χ3n) is 2.15. The Labute approximate surface area is 91.9 Å². The van der Waals surface area contributed by atoms with Crippen molar-refractivity contribution in [1.29, 1.82) is 0 Å². The van der Waals surface area contributed by atoms with Gasteiger partial charge in [0.1, 0.15) is 4.90 Å². The van der Waals surface area contributed by atoms with Crippen molar-refractivity contribution in [2.45, 2.75) is 18.2 Å². The third-order valence-corrected chi connectivity index (χ3v) is 2.95. The summed E-state index contributed by atoms with van der Waals surface area (Å²) in [7, 11) is -4.87. The number of anilines is 1. The highest BCUT2D eigenvalue weighted by molar-refractivity contribution is 7.86. The maximum Gasteiger partial charge on any atom is 0.332 e. The molecule has 7 heteroatoms. The zero-order valence-electron chi connectivity index (χ0n) is 8.40. The quantitative estimate of drug-likeness (QED) is 0.610. The first-order valence-electron chi connectivity index (χ1n) is 4.27. The second-order valence-corrected chi connectivity index (χ2v) is 4.65. The lowest BCUT2D eigenvalue weighted by atomic mass is 10.0. The molecule has 0 aliphatic carbocycles. The Balaban J connectivity index is 3.39. The number of hydrogen-bond donors (Lipinski definition) is 2. The molecule has 0 atom stereocenters. The average Bonchev–Trinajstić information content (AvgIpc) is 2.10. The van der Waals surface area contributed by atoms with Crippen LogP contribution in [0.4, 0.5) is 9.57 Å². The summed E-state index contributed by atoms with van der Waals surface area (Å²) in [5.74, 6) is -1.14. The topological polar surface area (TPSA) is 97.5 Å². The van der Waals surface area contributed by atoms with Crippen molar-refractivity contribution in [3.63, 3.8) is 0 Å². The standard InChI is InChI=1S/C9H10FNO4S/c1-5-6(3-9(12)13)2-7(4-8(5)11)16(10,14)15/h2,4H,3,11H2,1H3,(H,12,13). The van der Waals surface area contributed by atoms with Crippen LogP contribution in [0.3, 0.4) is 0 Å². The fourth-order valence-corrected chi connectivity index (χ4v) is 1.81. The first kappa shape index (κ1) is 12.4. The third kappa shape index (κ3) is 2.69. The summed E-state index contributed by atoms with van der Waals surface area (Å²) < 4.78 is 34.0. The second kappa shape index (κ2) is 4.09. The molecular weight excluding hydrogens is 237 g/mol. The van der Waals surface area contributed by atoms with Gasteiger partial charge in [-0.1, -0.05) is 0 Å². The van der Waals surface area contributed by atoms with Gasteiger partial charge in [0.2, 0.25) is 0 Å². The van der Waals surface area contributed by atoms with Crippen LogP contribution < -0.4 is 5.73 Å². The SMILES string of the molecule is Cc1c(N)cc(S(=O)(=O)F)cc1CC(=O)O. The van der Waals surface area contributed by atoms with Crippen LogP contribution in [-0.2, 0) is 21.4 Å². The van der Waals surface area contributed by atoms with Gasteiger partial charge in [0, 0.05) is 5.69 Å². The van der Waals surface area contributed by atoms with E-state index in [4.69, 9.17) is 10.8 Å². The lowest BCUT2D eigenvalue weighted by Gasteiger charge is -2.08. The van der Waals surface area contributed by atoms with Gasteiger partial charge in [-0.25, -0.2) is 0 Å². The van der Waals surface area contributed by atoms with E-state index in [1.54, 1.807) is 6.92 Å². The van der Waals surface area contributed by atoms with E-state index >= 15 is 0 Å². The Morgan fingerprint density at radius 1 is 1.50 bits per heavy atom. The minimum absolute atomic E-state index is 0.0509. The minimum atomic E-state index is -4.87. The lowest BCUT2D eigenvalue weighted by molar-refractivity contribution is -0.136. The predicted octanol–water partition coefficient (Wildman–Crippen LogP) is 0.863. The minimum Gasteiger partial charge on any atom is -0.481 e. The van der Waals surface area contributed by atoms with Crippen LogP contribution >= 0.6 is 0 Å². The van der Waals surface area contributed by atoms with Gasteiger partial charge < -0.3 is 10.8 Å². The summed E-state index contributed by atoms with van der Waals surface area (Å²) >= 11 is 0. The molecule has 0 unspecified atom stereocenters. The molecule has 3 N–H and O–H groups in total. The van der Waals surface area contributed by atoms with Gasteiger partial charge in [-0.05, 0) is 30.2 Å². The van der Waals surface area contributed by atoms with Crippen molar-refractivity contribution < 1.29 is 22.2 Å². The molecule has 0 aromatic heterocycles. The van der Waals surface area contributed by atoms with Crippen molar-refractivity contribution in [1.82, 2.24) is 0 Å². The molecule has 88 valence electrons. The molecule has 0 aliphatic rings. The number of nitrogen functional groups attached to an aromatic ring is 1. The first-order valence-corrected chi connectivity index (χ1v) is 5.65. The Kier molecular flexibility index (Phi) is 3.18. The van der Waals surface area contributed by atoms with Gasteiger partial charge >= 0.3 is 16.2 Å². The van der Waals surface area contributed by atoms with Gasteiger partial charge in [0.05, 0.1) is 6.42 Å². The normalized spacial score (nSPS) is 11.4. The fraction of sp³-hybridized carbons (Fsp3) is 0.222. The number of hydrogen-bond acceptors (Lipinski definition) is 4. The number of halogens is 1. The van der Waals surface area contributed by atoms with Crippen LogP contribution in [0.2, 0.25) is 0 Å². The highest BCUT2D eigenvalue weighted by Crippen LogP contribution is 2.23.